The van der Waals surface area contributed by atoms with Crippen molar-refractivity contribution in [1.82, 2.24) is 39.9 Å². The van der Waals surface area contributed by atoms with Crippen LogP contribution in [0.15, 0.2) is 36.8 Å². The number of aromatic nitrogens is 7. The van der Waals surface area contributed by atoms with Gasteiger partial charge in [-0.1, -0.05) is 27.7 Å². The number of rotatable bonds is 11. The van der Waals surface area contributed by atoms with E-state index in [1.165, 1.54) is 4.68 Å². The van der Waals surface area contributed by atoms with Gasteiger partial charge < -0.3 is 15.4 Å². The summed E-state index contributed by atoms with van der Waals surface area (Å²) in [5, 5.41) is 16.4. The summed E-state index contributed by atoms with van der Waals surface area (Å²) >= 11 is 0. The molecule has 11 heteroatoms. The lowest BCUT2D eigenvalue weighted by Crippen LogP contribution is -2.28. The van der Waals surface area contributed by atoms with Gasteiger partial charge in [-0.15, -0.1) is 5.10 Å². The smallest absolute Gasteiger partial charge is 0.190 e. The lowest BCUT2D eigenvalue weighted by atomic mass is 10.1. The van der Waals surface area contributed by atoms with Gasteiger partial charge >= 0.3 is 0 Å². The highest BCUT2D eigenvalue weighted by molar-refractivity contribution is 5.76. The van der Waals surface area contributed by atoms with E-state index in [4.69, 9.17) is 10.5 Å². The number of hydrogen-bond donors (Lipinski definition) is 1. The fourth-order valence-electron chi connectivity index (χ4n) is 4.11. The van der Waals surface area contributed by atoms with E-state index in [0.29, 0.717) is 29.4 Å². The van der Waals surface area contributed by atoms with Crippen LogP contribution in [-0.2, 0) is 6.54 Å². The molecule has 0 bridgehead atoms. The van der Waals surface area contributed by atoms with Crippen LogP contribution in [0, 0.1) is 18.7 Å². The van der Waals surface area contributed by atoms with Gasteiger partial charge in [0.25, 0.3) is 0 Å². The molecule has 2 N–H and O–H groups in total. The second-order valence-electron chi connectivity index (χ2n) is 9.31. The number of hydrogen-bond acceptors (Lipinski definition) is 8. The van der Waals surface area contributed by atoms with Crippen molar-refractivity contribution in [3.8, 4) is 34.0 Å². The summed E-state index contributed by atoms with van der Waals surface area (Å²) in [7, 11) is 0. The van der Waals surface area contributed by atoms with Crippen molar-refractivity contribution in [3.05, 3.63) is 48.2 Å². The molecule has 0 radical (unpaired) electrons. The van der Waals surface area contributed by atoms with Crippen LogP contribution in [0.2, 0.25) is 0 Å². The molecule has 0 aliphatic heterocycles. The maximum absolute atomic E-state index is 15.5. The number of tetrazole rings is 1. The van der Waals surface area contributed by atoms with E-state index in [9.17, 15) is 0 Å². The maximum atomic E-state index is 15.5. The molecule has 0 amide bonds. The molecular weight excluding hydrogens is 473 g/mol. The normalized spacial score (nSPS) is 11.6. The molecule has 0 fully saturated rings. The average Bonchev–Trinajstić information content (AvgIpc) is 3.54. The van der Waals surface area contributed by atoms with E-state index in [1.807, 2.05) is 16.9 Å². The Morgan fingerprint density at radius 3 is 2.65 bits per heavy atom. The van der Waals surface area contributed by atoms with Crippen LogP contribution in [0.5, 0.6) is 5.75 Å². The minimum Gasteiger partial charge on any atom is -0.492 e. The minimum absolute atomic E-state index is 0.197. The molecule has 0 saturated heterocycles. The summed E-state index contributed by atoms with van der Waals surface area (Å²) in [6, 6.07) is 5.19. The van der Waals surface area contributed by atoms with Gasteiger partial charge in [-0.25, -0.2) is 9.37 Å². The summed E-state index contributed by atoms with van der Waals surface area (Å²) < 4.78 is 24.6. The van der Waals surface area contributed by atoms with Gasteiger partial charge in [0.05, 0.1) is 11.8 Å². The van der Waals surface area contributed by atoms with Gasteiger partial charge in [-0.2, -0.15) is 9.78 Å². The van der Waals surface area contributed by atoms with E-state index in [2.05, 4.69) is 58.2 Å². The highest BCUT2D eigenvalue weighted by Crippen LogP contribution is 2.31. The third-order valence-corrected chi connectivity index (χ3v) is 6.25. The Morgan fingerprint density at radius 2 is 1.92 bits per heavy atom. The number of halogens is 1. The molecule has 0 unspecified atom stereocenters. The van der Waals surface area contributed by atoms with Crippen LogP contribution in [0.25, 0.3) is 28.2 Å². The first kappa shape index (κ1) is 26.2. The van der Waals surface area contributed by atoms with E-state index < -0.39 is 5.82 Å². The predicted molar refractivity (Wildman–Crippen MR) is 141 cm³/mol. The molecule has 1 aromatic carbocycles. The summed E-state index contributed by atoms with van der Waals surface area (Å²) in [6.45, 7) is 14.1. The molecule has 37 heavy (non-hydrogen) atoms. The fraction of sp³-hybridized carbons (Fsp3) is 0.423. The monoisotopic (exact) mass is 507 g/mol. The van der Waals surface area contributed by atoms with Crippen LogP contribution in [0.1, 0.15) is 33.3 Å². The number of nitrogen functional groups attached to an aromatic ring is 1. The third-order valence-electron chi connectivity index (χ3n) is 6.25. The zero-order chi connectivity index (χ0) is 26.5. The molecule has 0 atom stereocenters. The standard InChI is InChI=1S/C26H34FN9O/c1-6-34(7-2)10-11-37-23-9-8-22(24(27)18(23)5)36-26(31-32-33-36)21-12-19(13-29-25(21)28)20-14-30-35(16-20)15-17(3)4/h8-9,12-14,16-17H,6-7,10-11,15H2,1-5H3,(H2,28,29). The minimum atomic E-state index is -0.466. The molecular formula is C26H34FN9O. The van der Waals surface area contributed by atoms with Crippen molar-refractivity contribution in [2.24, 2.45) is 5.92 Å². The number of anilines is 1. The second kappa shape index (κ2) is 11.5. The molecule has 3 heterocycles. The van der Waals surface area contributed by atoms with Crippen molar-refractivity contribution in [2.45, 2.75) is 41.2 Å². The number of ether oxygens (including phenoxy) is 1. The lowest BCUT2D eigenvalue weighted by molar-refractivity contribution is 0.221. The van der Waals surface area contributed by atoms with Gasteiger partial charge in [0.2, 0.25) is 0 Å². The van der Waals surface area contributed by atoms with Gasteiger partial charge in [-0.05, 0) is 54.6 Å². The largest absolute Gasteiger partial charge is 0.492 e. The van der Waals surface area contributed by atoms with E-state index in [-0.39, 0.29) is 17.3 Å². The maximum Gasteiger partial charge on any atom is 0.190 e. The third kappa shape index (κ3) is 5.77. The SMILES string of the molecule is CCN(CC)CCOc1ccc(-n2nnnc2-c2cc(-c3cnn(CC(C)C)c3)cnc2N)c(F)c1C. The van der Waals surface area contributed by atoms with E-state index in [0.717, 1.165) is 37.3 Å². The van der Waals surface area contributed by atoms with Gasteiger partial charge in [0, 0.05) is 42.2 Å². The molecule has 0 spiro atoms. The Hall–Kier alpha value is -3.86. The number of nitrogens with two attached hydrogens (primary N) is 1. The van der Waals surface area contributed by atoms with Crippen LogP contribution in [0.3, 0.4) is 0 Å². The first-order valence-corrected chi connectivity index (χ1v) is 12.5. The van der Waals surface area contributed by atoms with Crippen molar-refractivity contribution < 1.29 is 9.13 Å². The van der Waals surface area contributed by atoms with E-state index >= 15 is 4.39 Å². The van der Waals surface area contributed by atoms with Crippen LogP contribution >= 0.6 is 0 Å². The topological polar surface area (TPSA) is 113 Å². The first-order valence-electron chi connectivity index (χ1n) is 12.5. The van der Waals surface area contributed by atoms with Crippen molar-refractivity contribution in [3.63, 3.8) is 0 Å². The fourth-order valence-corrected chi connectivity index (χ4v) is 4.11. The molecule has 0 saturated carbocycles. The van der Waals surface area contributed by atoms with Gasteiger partial charge in [-0.3, -0.25) is 4.68 Å². The molecule has 10 nitrogen and oxygen atoms in total. The summed E-state index contributed by atoms with van der Waals surface area (Å²) in [6.07, 6.45) is 5.42. The molecule has 3 aromatic heterocycles. The Morgan fingerprint density at radius 1 is 1.14 bits per heavy atom. The Kier molecular flexibility index (Phi) is 8.12. The summed E-state index contributed by atoms with van der Waals surface area (Å²) in [4.78, 5) is 6.59. The molecule has 0 aliphatic carbocycles. The van der Waals surface area contributed by atoms with Crippen LogP contribution in [-0.4, -0.2) is 66.1 Å². The Bertz CT molecular complexity index is 1340. The van der Waals surface area contributed by atoms with Crippen molar-refractivity contribution >= 4 is 5.82 Å². The van der Waals surface area contributed by atoms with Gasteiger partial charge in [0.15, 0.2) is 11.6 Å². The van der Waals surface area contributed by atoms with Crippen LogP contribution < -0.4 is 10.5 Å². The Balaban J connectivity index is 1.63. The highest BCUT2D eigenvalue weighted by atomic mass is 19.1. The highest BCUT2D eigenvalue weighted by Gasteiger charge is 2.20. The zero-order valence-corrected chi connectivity index (χ0v) is 22.0. The Labute approximate surface area is 216 Å². The number of benzene rings is 1. The molecule has 4 aromatic rings. The van der Waals surface area contributed by atoms with Gasteiger partial charge in [0.1, 0.15) is 23.9 Å². The average molecular weight is 508 g/mol. The van der Waals surface area contributed by atoms with Crippen molar-refractivity contribution in [2.75, 3.05) is 32.0 Å². The van der Waals surface area contributed by atoms with Crippen LogP contribution in [0.4, 0.5) is 10.2 Å². The lowest BCUT2D eigenvalue weighted by Gasteiger charge is -2.19. The molecule has 4 rings (SSSR count). The van der Waals surface area contributed by atoms with E-state index in [1.54, 1.807) is 31.5 Å². The zero-order valence-electron chi connectivity index (χ0n) is 22.0. The second-order valence-corrected chi connectivity index (χ2v) is 9.31. The number of likely N-dealkylation sites (N-methyl/N-ethyl adjacent to an activating group) is 1. The quantitative estimate of drug-likeness (QED) is 0.324. The number of pyridine rings is 1. The van der Waals surface area contributed by atoms with Crippen molar-refractivity contribution in [1.29, 1.82) is 0 Å². The predicted octanol–water partition coefficient (Wildman–Crippen LogP) is 3.99. The molecule has 196 valence electrons. The number of nitrogens with zero attached hydrogens (tertiary/aromatic N) is 8. The molecule has 0 aliphatic rings. The summed E-state index contributed by atoms with van der Waals surface area (Å²) in [5.74, 6) is 1.02. The first-order chi connectivity index (χ1) is 17.8. The summed E-state index contributed by atoms with van der Waals surface area (Å²) in [5.41, 5.74) is 8.99.